The van der Waals surface area contributed by atoms with E-state index in [0.29, 0.717) is 29.4 Å². The molecule has 1 aromatic carbocycles. The van der Waals surface area contributed by atoms with Crippen LogP contribution in [0.4, 0.5) is 11.5 Å². The molecule has 2 aromatic rings. The highest BCUT2D eigenvalue weighted by molar-refractivity contribution is 6.30. The molecule has 0 radical (unpaired) electrons. The number of hydrogen-bond donors (Lipinski definition) is 2. The Morgan fingerprint density at radius 3 is 2.65 bits per heavy atom. The summed E-state index contributed by atoms with van der Waals surface area (Å²) in [5.41, 5.74) is 1.22. The zero-order valence-corrected chi connectivity index (χ0v) is 14.9. The molecule has 1 atom stereocenters. The fraction of sp³-hybridized carbons (Fsp3) is 0.211. The zero-order chi connectivity index (χ0) is 18.5. The average molecular weight is 371 g/mol. The number of anilines is 2. The van der Waals surface area contributed by atoms with Crippen molar-refractivity contribution in [2.45, 2.75) is 12.5 Å². The fourth-order valence-corrected chi connectivity index (χ4v) is 2.92. The van der Waals surface area contributed by atoms with Crippen LogP contribution in [0.3, 0.4) is 0 Å². The largest absolute Gasteiger partial charge is 0.365 e. The van der Waals surface area contributed by atoms with Crippen molar-refractivity contribution in [3.05, 3.63) is 65.8 Å². The Bertz CT molecular complexity index is 805. The van der Waals surface area contributed by atoms with Crippen molar-refractivity contribution >= 4 is 34.9 Å². The van der Waals surface area contributed by atoms with Crippen molar-refractivity contribution in [2.24, 2.45) is 0 Å². The maximum Gasteiger partial charge on any atom is 0.253 e. The summed E-state index contributed by atoms with van der Waals surface area (Å²) in [7, 11) is 0. The number of hydrogen-bond acceptors (Lipinski definition) is 4. The number of amides is 2. The van der Waals surface area contributed by atoms with Crippen LogP contribution in [0.25, 0.3) is 0 Å². The Morgan fingerprint density at radius 2 is 2.00 bits per heavy atom. The predicted octanol–water partition coefficient (Wildman–Crippen LogP) is 3.19. The normalized spacial score (nSPS) is 16.2. The molecule has 2 N–H and O–H groups in total. The van der Waals surface area contributed by atoms with Gasteiger partial charge < -0.3 is 15.5 Å². The Kier molecular flexibility index (Phi) is 5.53. The van der Waals surface area contributed by atoms with Gasteiger partial charge in [0.15, 0.2) is 0 Å². The van der Waals surface area contributed by atoms with Crippen LogP contribution in [0.2, 0.25) is 5.02 Å². The van der Waals surface area contributed by atoms with Crippen molar-refractivity contribution in [1.82, 2.24) is 9.88 Å². The molecule has 134 valence electrons. The first-order valence-electron chi connectivity index (χ1n) is 8.26. The first-order chi connectivity index (χ1) is 12.5. The summed E-state index contributed by atoms with van der Waals surface area (Å²) in [6.45, 7) is 4.70. The molecule has 2 amide bonds. The first-order valence-corrected chi connectivity index (χ1v) is 8.64. The number of pyridine rings is 1. The van der Waals surface area contributed by atoms with E-state index in [4.69, 9.17) is 11.6 Å². The van der Waals surface area contributed by atoms with E-state index in [1.807, 2.05) is 11.0 Å². The van der Waals surface area contributed by atoms with Crippen molar-refractivity contribution in [3.8, 4) is 0 Å². The molecule has 1 saturated heterocycles. The lowest BCUT2D eigenvalue weighted by molar-refractivity contribution is -0.111. The van der Waals surface area contributed by atoms with Crippen LogP contribution >= 0.6 is 11.6 Å². The smallest absolute Gasteiger partial charge is 0.253 e. The molecule has 3 rings (SSSR count). The van der Waals surface area contributed by atoms with Gasteiger partial charge in [-0.3, -0.25) is 9.59 Å². The van der Waals surface area contributed by atoms with E-state index >= 15 is 0 Å². The lowest BCUT2D eigenvalue weighted by Crippen LogP contribution is -2.31. The lowest BCUT2D eigenvalue weighted by Gasteiger charge is -2.17. The minimum absolute atomic E-state index is 0.0278. The third-order valence-electron chi connectivity index (χ3n) is 4.14. The highest BCUT2D eigenvalue weighted by Crippen LogP contribution is 2.19. The van der Waals surface area contributed by atoms with Crippen molar-refractivity contribution in [1.29, 1.82) is 0 Å². The summed E-state index contributed by atoms with van der Waals surface area (Å²) in [4.78, 5) is 30.0. The number of benzene rings is 1. The third kappa shape index (κ3) is 4.40. The van der Waals surface area contributed by atoms with Gasteiger partial charge in [0.1, 0.15) is 5.82 Å². The molecule has 0 bridgehead atoms. The van der Waals surface area contributed by atoms with Crippen LogP contribution in [0, 0.1) is 0 Å². The molecule has 7 heteroatoms. The second-order valence-electron chi connectivity index (χ2n) is 6.01. The van der Waals surface area contributed by atoms with Gasteiger partial charge in [0, 0.05) is 36.6 Å². The van der Waals surface area contributed by atoms with Gasteiger partial charge in [0.25, 0.3) is 5.91 Å². The monoisotopic (exact) mass is 370 g/mol. The zero-order valence-electron chi connectivity index (χ0n) is 14.1. The number of nitrogens with zero attached hydrogens (tertiary/aromatic N) is 2. The number of halogens is 1. The van der Waals surface area contributed by atoms with Gasteiger partial charge in [0.2, 0.25) is 5.91 Å². The van der Waals surface area contributed by atoms with E-state index in [2.05, 4.69) is 22.2 Å². The van der Waals surface area contributed by atoms with Crippen molar-refractivity contribution < 1.29 is 9.59 Å². The summed E-state index contributed by atoms with van der Waals surface area (Å²) in [6.07, 6.45) is 3.64. The van der Waals surface area contributed by atoms with E-state index in [9.17, 15) is 9.59 Å². The van der Waals surface area contributed by atoms with Gasteiger partial charge in [-0.1, -0.05) is 18.2 Å². The van der Waals surface area contributed by atoms with Gasteiger partial charge in [-0.25, -0.2) is 4.98 Å². The first kappa shape index (κ1) is 17.9. The molecule has 0 spiro atoms. The lowest BCUT2D eigenvalue weighted by atomic mass is 10.2. The SMILES string of the molecule is C=CC(=O)Nc1ccc(C(=O)N2CC[C@@H](Nc3ccc(Cl)cn3)C2)cc1. The number of aromatic nitrogens is 1. The van der Waals surface area contributed by atoms with E-state index in [0.717, 1.165) is 12.2 Å². The fourth-order valence-electron chi connectivity index (χ4n) is 2.80. The van der Waals surface area contributed by atoms with Gasteiger partial charge in [-0.15, -0.1) is 0 Å². The molecule has 0 saturated carbocycles. The Morgan fingerprint density at radius 1 is 1.23 bits per heavy atom. The molecule has 1 aromatic heterocycles. The number of likely N-dealkylation sites (tertiary alicyclic amines) is 1. The molecule has 0 unspecified atom stereocenters. The number of rotatable bonds is 5. The molecule has 0 aliphatic carbocycles. The summed E-state index contributed by atoms with van der Waals surface area (Å²) in [5.74, 6) is 0.435. The second-order valence-corrected chi connectivity index (χ2v) is 6.45. The summed E-state index contributed by atoms with van der Waals surface area (Å²) in [6, 6.07) is 10.6. The Labute approximate surface area is 156 Å². The standard InChI is InChI=1S/C19H19ClN4O2/c1-2-18(25)23-15-6-3-13(4-7-15)19(26)24-10-9-16(12-24)22-17-8-5-14(20)11-21-17/h2-8,11,16H,1,9-10,12H2,(H,21,22)(H,23,25)/t16-/m1/s1. The third-order valence-corrected chi connectivity index (χ3v) is 4.36. The van der Waals surface area contributed by atoms with Gasteiger partial charge in [-0.05, 0) is 48.9 Å². The predicted molar refractivity (Wildman–Crippen MR) is 102 cm³/mol. The maximum atomic E-state index is 12.6. The Balaban J connectivity index is 1.57. The number of nitrogens with one attached hydrogen (secondary N) is 2. The highest BCUT2D eigenvalue weighted by atomic mass is 35.5. The van der Waals surface area contributed by atoms with Crippen LogP contribution in [0.15, 0.2) is 55.3 Å². The second kappa shape index (κ2) is 8.01. The quantitative estimate of drug-likeness (QED) is 0.793. The molecular formula is C19H19ClN4O2. The van der Waals surface area contributed by atoms with Gasteiger partial charge >= 0.3 is 0 Å². The van der Waals surface area contributed by atoms with Crippen LogP contribution in [-0.2, 0) is 4.79 Å². The number of carbonyl (C=O) groups excluding carboxylic acids is 2. The van der Waals surface area contributed by atoms with Gasteiger partial charge in [0.05, 0.1) is 5.02 Å². The van der Waals surface area contributed by atoms with E-state index in [-0.39, 0.29) is 17.9 Å². The van der Waals surface area contributed by atoms with E-state index < -0.39 is 0 Å². The molecule has 2 heterocycles. The van der Waals surface area contributed by atoms with Crippen LogP contribution in [0.5, 0.6) is 0 Å². The van der Waals surface area contributed by atoms with Crippen LogP contribution < -0.4 is 10.6 Å². The summed E-state index contributed by atoms with van der Waals surface area (Å²) >= 11 is 5.84. The van der Waals surface area contributed by atoms with Crippen molar-refractivity contribution in [3.63, 3.8) is 0 Å². The average Bonchev–Trinajstić information content (AvgIpc) is 3.12. The van der Waals surface area contributed by atoms with E-state index in [1.54, 1.807) is 36.5 Å². The number of carbonyl (C=O) groups is 2. The minimum atomic E-state index is -0.284. The molecule has 1 aliphatic heterocycles. The molecule has 1 fully saturated rings. The van der Waals surface area contributed by atoms with Gasteiger partial charge in [-0.2, -0.15) is 0 Å². The summed E-state index contributed by atoms with van der Waals surface area (Å²) < 4.78 is 0. The molecule has 1 aliphatic rings. The van der Waals surface area contributed by atoms with E-state index in [1.165, 1.54) is 6.08 Å². The maximum absolute atomic E-state index is 12.6. The minimum Gasteiger partial charge on any atom is -0.365 e. The Hall–Kier alpha value is -2.86. The molecule has 6 nitrogen and oxygen atoms in total. The molecular weight excluding hydrogens is 352 g/mol. The summed E-state index contributed by atoms with van der Waals surface area (Å²) in [5, 5.41) is 6.57. The van der Waals surface area contributed by atoms with Crippen LogP contribution in [-0.4, -0.2) is 40.8 Å². The highest BCUT2D eigenvalue weighted by Gasteiger charge is 2.27. The topological polar surface area (TPSA) is 74.3 Å². The molecule has 26 heavy (non-hydrogen) atoms. The van der Waals surface area contributed by atoms with Crippen molar-refractivity contribution in [2.75, 3.05) is 23.7 Å². The van der Waals surface area contributed by atoms with Crippen LogP contribution in [0.1, 0.15) is 16.8 Å².